The molecule has 3 nitrogen and oxygen atoms in total. The maximum absolute atomic E-state index is 12.8. The average Bonchev–Trinajstić information content (AvgIpc) is 2.84. The van der Waals surface area contributed by atoms with E-state index in [9.17, 15) is 9.18 Å². The van der Waals surface area contributed by atoms with E-state index >= 15 is 0 Å². The van der Waals surface area contributed by atoms with E-state index in [1.54, 1.807) is 0 Å². The van der Waals surface area contributed by atoms with Crippen molar-refractivity contribution in [2.45, 2.75) is 0 Å². The first-order valence-electron chi connectivity index (χ1n) is 5.51. The highest BCUT2D eigenvalue weighted by molar-refractivity contribution is 9.10. The lowest BCUT2D eigenvalue weighted by Gasteiger charge is -2.03. The number of nitriles is 1. The van der Waals surface area contributed by atoms with Crippen molar-refractivity contribution in [1.82, 2.24) is 0 Å². The highest BCUT2D eigenvalue weighted by atomic mass is 79.9. The molecule has 0 unspecified atom stereocenters. The lowest BCUT2D eigenvalue weighted by atomic mass is 10.2. The average molecular weight is 351 g/mol. The van der Waals surface area contributed by atoms with Crippen LogP contribution in [0.1, 0.15) is 4.88 Å². The summed E-state index contributed by atoms with van der Waals surface area (Å²) in [4.78, 5) is 12.7. The summed E-state index contributed by atoms with van der Waals surface area (Å²) >= 11 is 4.72. The van der Waals surface area contributed by atoms with Gasteiger partial charge in [-0.15, -0.1) is 11.3 Å². The highest BCUT2D eigenvalue weighted by Gasteiger charge is 2.10. The Labute approximate surface area is 127 Å². The fourth-order valence-corrected chi connectivity index (χ4v) is 2.80. The molecule has 0 aliphatic rings. The molecule has 0 radical (unpaired) electrons. The standard InChI is InChI=1S/C14H8BrFN2OS/c15-10-6-13(20-8-10)5-9(7-17)14(19)18-12-3-1-11(16)2-4-12/h1-6,8H,(H,18,19). The van der Waals surface area contributed by atoms with Gasteiger partial charge in [0, 0.05) is 20.4 Å². The van der Waals surface area contributed by atoms with E-state index in [0.29, 0.717) is 5.69 Å². The molecule has 0 bridgehead atoms. The second-order valence-electron chi connectivity index (χ2n) is 3.80. The molecule has 6 heteroatoms. The molecule has 0 saturated carbocycles. The molecule has 0 aliphatic carbocycles. The Bertz CT molecular complexity index is 701. The molecular weight excluding hydrogens is 343 g/mol. The molecule has 0 fully saturated rings. The van der Waals surface area contributed by atoms with Crippen molar-refractivity contribution in [1.29, 1.82) is 5.26 Å². The molecule has 2 aromatic rings. The number of benzene rings is 1. The summed E-state index contributed by atoms with van der Waals surface area (Å²) in [6, 6.07) is 9.01. The zero-order chi connectivity index (χ0) is 14.5. The van der Waals surface area contributed by atoms with E-state index in [2.05, 4.69) is 21.2 Å². The monoisotopic (exact) mass is 350 g/mol. The first-order chi connectivity index (χ1) is 9.58. The number of carbonyl (C=O) groups excluding carboxylic acids is 1. The molecule has 20 heavy (non-hydrogen) atoms. The van der Waals surface area contributed by atoms with E-state index in [4.69, 9.17) is 5.26 Å². The third-order valence-corrected chi connectivity index (χ3v) is 3.98. The summed E-state index contributed by atoms with van der Waals surface area (Å²) in [5.41, 5.74) is 0.425. The normalized spacial score (nSPS) is 10.9. The fraction of sp³-hybridized carbons (Fsp3) is 0. The second-order valence-corrected chi connectivity index (χ2v) is 5.66. The minimum atomic E-state index is -0.524. The molecule has 2 rings (SSSR count). The van der Waals surface area contributed by atoms with Crippen molar-refractivity contribution in [3.63, 3.8) is 0 Å². The van der Waals surface area contributed by atoms with Gasteiger partial charge in [-0.2, -0.15) is 5.26 Å². The summed E-state index contributed by atoms with van der Waals surface area (Å²) in [5, 5.41) is 13.4. The summed E-state index contributed by atoms with van der Waals surface area (Å²) in [5.74, 6) is -0.911. The molecule has 0 aliphatic heterocycles. The summed E-state index contributed by atoms with van der Waals surface area (Å²) in [6.45, 7) is 0. The van der Waals surface area contributed by atoms with Gasteiger partial charge in [0.05, 0.1) is 0 Å². The Hall–Kier alpha value is -1.97. The third kappa shape index (κ3) is 3.76. The van der Waals surface area contributed by atoms with Gasteiger partial charge in [0.1, 0.15) is 17.5 Å². The molecule has 1 amide bonds. The minimum Gasteiger partial charge on any atom is -0.321 e. The number of hydrogen-bond donors (Lipinski definition) is 1. The fourth-order valence-electron chi connectivity index (χ4n) is 1.43. The predicted molar refractivity (Wildman–Crippen MR) is 80.6 cm³/mol. The van der Waals surface area contributed by atoms with Gasteiger partial charge in [0.25, 0.3) is 5.91 Å². The molecule has 0 saturated heterocycles. The number of halogens is 2. The van der Waals surface area contributed by atoms with Crippen molar-refractivity contribution in [3.8, 4) is 6.07 Å². The lowest BCUT2D eigenvalue weighted by molar-refractivity contribution is -0.112. The third-order valence-electron chi connectivity index (χ3n) is 2.34. The molecule has 0 atom stereocenters. The molecule has 1 aromatic heterocycles. The topological polar surface area (TPSA) is 52.9 Å². The lowest BCUT2D eigenvalue weighted by Crippen LogP contribution is -2.13. The van der Waals surface area contributed by atoms with Crippen molar-refractivity contribution in [2.75, 3.05) is 5.32 Å². The number of anilines is 1. The van der Waals surface area contributed by atoms with E-state index < -0.39 is 5.91 Å². The quantitative estimate of drug-likeness (QED) is 0.666. The van der Waals surface area contributed by atoms with Crippen LogP contribution in [0, 0.1) is 17.1 Å². The predicted octanol–water partition coefficient (Wildman–Crippen LogP) is 4.20. The van der Waals surface area contributed by atoms with Crippen LogP contribution in [0.15, 0.2) is 45.8 Å². The zero-order valence-corrected chi connectivity index (χ0v) is 12.5. The summed E-state index contributed by atoms with van der Waals surface area (Å²) in [7, 11) is 0. The van der Waals surface area contributed by atoms with Crippen molar-refractivity contribution in [2.24, 2.45) is 0 Å². The Kier molecular flexibility index (Phi) is 4.66. The molecule has 1 N–H and O–H groups in total. The van der Waals surface area contributed by atoms with Crippen LogP contribution in [0.5, 0.6) is 0 Å². The largest absolute Gasteiger partial charge is 0.321 e. The molecule has 0 spiro atoms. The number of rotatable bonds is 3. The van der Waals surface area contributed by atoms with Crippen LogP contribution in [-0.4, -0.2) is 5.91 Å². The number of nitrogens with zero attached hydrogens (tertiary/aromatic N) is 1. The summed E-state index contributed by atoms with van der Waals surface area (Å²) in [6.07, 6.45) is 1.51. The van der Waals surface area contributed by atoms with E-state index in [1.807, 2.05) is 17.5 Å². The highest BCUT2D eigenvalue weighted by Crippen LogP contribution is 2.22. The Morgan fingerprint density at radius 2 is 2.10 bits per heavy atom. The van der Waals surface area contributed by atoms with Crippen LogP contribution in [0.2, 0.25) is 0 Å². The van der Waals surface area contributed by atoms with Crippen LogP contribution in [-0.2, 0) is 4.79 Å². The van der Waals surface area contributed by atoms with Gasteiger partial charge in [-0.05, 0) is 52.3 Å². The number of carbonyl (C=O) groups is 1. The van der Waals surface area contributed by atoms with Gasteiger partial charge in [0.2, 0.25) is 0 Å². The molecule has 100 valence electrons. The maximum Gasteiger partial charge on any atom is 0.266 e. The Morgan fingerprint density at radius 1 is 1.40 bits per heavy atom. The number of thiophene rings is 1. The van der Waals surface area contributed by atoms with Gasteiger partial charge in [-0.1, -0.05) is 0 Å². The van der Waals surface area contributed by atoms with Crippen LogP contribution in [0.25, 0.3) is 6.08 Å². The second kappa shape index (κ2) is 6.46. The Morgan fingerprint density at radius 3 is 2.65 bits per heavy atom. The van der Waals surface area contributed by atoms with Crippen LogP contribution < -0.4 is 5.32 Å². The van der Waals surface area contributed by atoms with E-state index in [-0.39, 0.29) is 11.4 Å². The van der Waals surface area contributed by atoms with Crippen molar-refractivity contribution in [3.05, 3.63) is 56.5 Å². The van der Waals surface area contributed by atoms with Gasteiger partial charge in [-0.3, -0.25) is 4.79 Å². The molecule has 1 heterocycles. The summed E-state index contributed by atoms with van der Waals surface area (Å²) < 4.78 is 13.7. The van der Waals surface area contributed by atoms with Crippen LogP contribution in [0.3, 0.4) is 0 Å². The SMILES string of the molecule is N#CC(=Cc1cc(Br)cs1)C(=O)Nc1ccc(F)cc1. The van der Waals surface area contributed by atoms with Gasteiger partial charge < -0.3 is 5.32 Å². The number of amides is 1. The van der Waals surface area contributed by atoms with Crippen LogP contribution in [0.4, 0.5) is 10.1 Å². The van der Waals surface area contributed by atoms with Crippen LogP contribution >= 0.6 is 27.3 Å². The van der Waals surface area contributed by atoms with Crippen molar-refractivity contribution < 1.29 is 9.18 Å². The molecular formula is C14H8BrFN2OS. The zero-order valence-electron chi connectivity index (χ0n) is 10.1. The Balaban J connectivity index is 2.16. The van der Waals surface area contributed by atoms with E-state index in [1.165, 1.54) is 41.7 Å². The van der Waals surface area contributed by atoms with Crippen molar-refractivity contribution >= 4 is 44.9 Å². The minimum absolute atomic E-state index is 0.0105. The van der Waals surface area contributed by atoms with Gasteiger partial charge >= 0.3 is 0 Å². The first-order valence-corrected chi connectivity index (χ1v) is 7.18. The number of nitrogens with one attached hydrogen (secondary N) is 1. The van der Waals surface area contributed by atoms with E-state index in [0.717, 1.165) is 9.35 Å². The maximum atomic E-state index is 12.8. The van der Waals surface area contributed by atoms with Gasteiger partial charge in [0.15, 0.2) is 0 Å². The molecule has 1 aromatic carbocycles. The first kappa shape index (κ1) is 14.4. The smallest absolute Gasteiger partial charge is 0.266 e. The number of hydrogen-bond acceptors (Lipinski definition) is 3. The van der Waals surface area contributed by atoms with Gasteiger partial charge in [-0.25, -0.2) is 4.39 Å².